The van der Waals surface area contributed by atoms with Crippen molar-refractivity contribution >= 4 is 23.4 Å². The maximum Gasteiger partial charge on any atom is 0.410 e. The highest BCUT2D eigenvalue weighted by atomic mass is 19.3. The highest BCUT2D eigenvalue weighted by Gasteiger charge is 2.53. The Labute approximate surface area is 286 Å². The van der Waals surface area contributed by atoms with E-state index < -0.39 is 48.5 Å². The van der Waals surface area contributed by atoms with Gasteiger partial charge in [-0.15, -0.1) is 0 Å². The summed E-state index contributed by atoms with van der Waals surface area (Å²) >= 11 is 0. The van der Waals surface area contributed by atoms with Crippen LogP contribution in [0.5, 0.6) is 0 Å². The predicted octanol–water partition coefficient (Wildman–Crippen LogP) is 7.30. The molecule has 1 amide bonds. The van der Waals surface area contributed by atoms with Gasteiger partial charge in [0.1, 0.15) is 11.4 Å². The van der Waals surface area contributed by atoms with Gasteiger partial charge in [-0.3, -0.25) is 24.2 Å². The molecule has 0 aliphatic carbocycles. The molecule has 14 heteroatoms. The first kappa shape index (κ1) is 42.4. The summed E-state index contributed by atoms with van der Waals surface area (Å²) in [6, 6.07) is -1.42. The van der Waals surface area contributed by atoms with E-state index in [1.54, 1.807) is 39.5 Å². The van der Waals surface area contributed by atoms with Crippen LogP contribution in [0.4, 0.5) is 31.1 Å². The number of Topliss-reactive ketones (excluding diaryl/α,β-unsaturated/α-hetero) is 1. The fourth-order valence-electron chi connectivity index (χ4n) is 6.50. The molecule has 0 radical (unpaired) electrons. The highest BCUT2D eigenvalue weighted by molar-refractivity contribution is 5.91. The molecule has 3 atom stereocenters. The Hall–Kier alpha value is -2.74. The molecule has 0 aromatic carbocycles. The average molecular weight is 710 g/mol. The second kappa shape index (κ2) is 16.1. The second-order valence-corrected chi connectivity index (χ2v) is 15.8. The van der Waals surface area contributed by atoms with E-state index >= 15 is 0 Å². The number of nitrogens with zero attached hydrogens (tertiary/aromatic N) is 2. The lowest BCUT2D eigenvalue weighted by Crippen LogP contribution is -2.53. The number of piperidine rings is 1. The van der Waals surface area contributed by atoms with Gasteiger partial charge in [0.2, 0.25) is 0 Å². The third kappa shape index (κ3) is 14.6. The Morgan fingerprint density at radius 3 is 1.86 bits per heavy atom. The number of rotatable bonds is 6. The molecule has 1 N–H and O–H groups in total. The number of ketones is 3. The SMILES string of the molecule is CC(C)=CC(=O)C[C@@H]1CC(F)(F)CN1.CC(C)=CC(=O)C[C@@H]1CC(F)(F)CN1C(=O)OC(C)(C)C.CC1(C)CC(=O)C[C@@H]2CC(F)(F)CN21. The number of likely N-dealkylation sites (tertiary alicyclic amines) is 1. The Balaban J connectivity index is 0.000000263. The zero-order valence-corrected chi connectivity index (χ0v) is 30.2. The van der Waals surface area contributed by atoms with Crippen molar-refractivity contribution < 1.29 is 50.3 Å². The fraction of sp³-hybridized carbons (Fsp3) is 0.771. The summed E-state index contributed by atoms with van der Waals surface area (Å²) in [7, 11) is 0. The zero-order chi connectivity index (χ0) is 37.8. The van der Waals surface area contributed by atoms with E-state index in [0.717, 1.165) is 16.0 Å². The molecule has 0 saturated carbocycles. The van der Waals surface area contributed by atoms with Gasteiger partial charge in [-0.05, 0) is 74.5 Å². The number of amides is 1. The van der Waals surface area contributed by atoms with E-state index in [1.807, 2.05) is 27.7 Å². The van der Waals surface area contributed by atoms with Crippen molar-refractivity contribution in [2.75, 3.05) is 19.6 Å². The van der Waals surface area contributed by atoms with Crippen LogP contribution < -0.4 is 5.32 Å². The number of alkyl halides is 6. The summed E-state index contributed by atoms with van der Waals surface area (Å²) < 4.78 is 84.0. The molecule has 4 rings (SSSR count). The summed E-state index contributed by atoms with van der Waals surface area (Å²) in [5.41, 5.74) is 0.553. The molecular formula is C35H53F6N3O5. The second-order valence-electron chi connectivity index (χ2n) is 15.8. The van der Waals surface area contributed by atoms with Crippen molar-refractivity contribution in [1.82, 2.24) is 15.1 Å². The number of carbonyl (C=O) groups excluding carboxylic acids is 4. The van der Waals surface area contributed by atoms with Crippen LogP contribution in [0.25, 0.3) is 0 Å². The lowest BCUT2D eigenvalue weighted by Gasteiger charge is -2.42. The van der Waals surface area contributed by atoms with Crippen LogP contribution >= 0.6 is 0 Å². The predicted molar refractivity (Wildman–Crippen MR) is 174 cm³/mol. The molecule has 0 aromatic heterocycles. The van der Waals surface area contributed by atoms with Crippen molar-refractivity contribution in [1.29, 1.82) is 0 Å². The number of hydrogen-bond donors (Lipinski definition) is 1. The quantitative estimate of drug-likeness (QED) is 0.229. The zero-order valence-electron chi connectivity index (χ0n) is 30.2. The minimum absolute atomic E-state index is 0.0831. The third-order valence-electron chi connectivity index (χ3n) is 8.23. The van der Waals surface area contributed by atoms with Crippen molar-refractivity contribution in [2.24, 2.45) is 0 Å². The van der Waals surface area contributed by atoms with Crippen LogP contribution in [-0.4, -0.2) is 99.9 Å². The van der Waals surface area contributed by atoms with Gasteiger partial charge in [-0.2, -0.15) is 0 Å². The van der Waals surface area contributed by atoms with Gasteiger partial charge in [0.05, 0.1) is 19.6 Å². The van der Waals surface area contributed by atoms with Crippen LogP contribution in [0.2, 0.25) is 0 Å². The fourth-order valence-corrected chi connectivity index (χ4v) is 6.50. The van der Waals surface area contributed by atoms with Gasteiger partial charge in [0.15, 0.2) is 11.6 Å². The minimum Gasteiger partial charge on any atom is -0.444 e. The molecule has 4 fully saturated rings. The first-order valence-electron chi connectivity index (χ1n) is 16.6. The lowest BCUT2D eigenvalue weighted by molar-refractivity contribution is -0.127. The summed E-state index contributed by atoms with van der Waals surface area (Å²) in [5, 5.41) is 2.65. The average Bonchev–Trinajstić information content (AvgIpc) is 3.47. The summed E-state index contributed by atoms with van der Waals surface area (Å²) in [5.74, 6) is -8.45. The first-order valence-corrected chi connectivity index (χ1v) is 16.6. The molecule has 0 unspecified atom stereocenters. The topological polar surface area (TPSA) is 96.0 Å². The molecule has 0 bridgehead atoms. The molecule has 0 spiro atoms. The van der Waals surface area contributed by atoms with Gasteiger partial charge in [-0.1, -0.05) is 11.1 Å². The molecule has 4 saturated heterocycles. The summed E-state index contributed by atoms with van der Waals surface area (Å²) in [4.78, 5) is 49.2. The number of ether oxygens (including phenoxy) is 1. The molecule has 280 valence electrons. The summed E-state index contributed by atoms with van der Waals surface area (Å²) in [6.45, 7) is 14.7. The van der Waals surface area contributed by atoms with Gasteiger partial charge in [0.25, 0.3) is 17.8 Å². The Morgan fingerprint density at radius 2 is 1.37 bits per heavy atom. The van der Waals surface area contributed by atoms with Gasteiger partial charge in [0, 0.05) is 68.6 Å². The number of halogens is 6. The normalized spacial score (nSPS) is 26.3. The smallest absolute Gasteiger partial charge is 0.410 e. The van der Waals surface area contributed by atoms with Gasteiger partial charge in [-0.25, -0.2) is 31.1 Å². The van der Waals surface area contributed by atoms with Gasteiger partial charge >= 0.3 is 6.09 Å². The highest BCUT2D eigenvalue weighted by Crippen LogP contribution is 2.42. The Kier molecular flexibility index (Phi) is 13.9. The van der Waals surface area contributed by atoms with Crippen molar-refractivity contribution in [3.05, 3.63) is 23.3 Å². The van der Waals surface area contributed by atoms with Crippen LogP contribution in [0.15, 0.2) is 23.3 Å². The van der Waals surface area contributed by atoms with E-state index in [2.05, 4.69) is 5.32 Å². The molecule has 0 aromatic rings. The standard InChI is InChI=1S/C15H23F2NO3.2C10H15F2NO/c1-10(2)6-12(19)7-11-8-15(16,17)9-18(11)13(20)21-14(3,4)5;1-9(2)5-8(14)3-7-4-10(11,12)6-13(7)9;1-7(2)3-9(14)4-8-5-10(11,12)6-13-8/h6,11H,7-9H2,1-5H3;7H,3-6H2,1-2H3;3,8,13H,4-6H2,1-2H3/t11-;7-;8-/m111/s1. The molecule has 49 heavy (non-hydrogen) atoms. The largest absolute Gasteiger partial charge is 0.444 e. The molecule has 4 heterocycles. The van der Waals surface area contributed by atoms with Crippen LogP contribution in [0.1, 0.15) is 107 Å². The van der Waals surface area contributed by atoms with Crippen molar-refractivity contribution in [3.63, 3.8) is 0 Å². The van der Waals surface area contributed by atoms with Crippen LogP contribution in [-0.2, 0) is 19.1 Å². The van der Waals surface area contributed by atoms with E-state index in [4.69, 9.17) is 4.74 Å². The van der Waals surface area contributed by atoms with Gasteiger partial charge < -0.3 is 10.1 Å². The maximum absolute atomic E-state index is 13.6. The molecular weight excluding hydrogens is 656 g/mol. The molecule has 8 nitrogen and oxygen atoms in total. The van der Waals surface area contributed by atoms with Crippen molar-refractivity contribution in [3.8, 4) is 0 Å². The number of allylic oxidation sites excluding steroid dienone is 4. The third-order valence-corrected chi connectivity index (χ3v) is 8.23. The Morgan fingerprint density at radius 1 is 0.837 bits per heavy atom. The lowest BCUT2D eigenvalue weighted by atomic mass is 9.86. The monoisotopic (exact) mass is 709 g/mol. The van der Waals surface area contributed by atoms with E-state index in [1.165, 1.54) is 12.2 Å². The first-order chi connectivity index (χ1) is 22.1. The number of carbonyl (C=O) groups is 4. The van der Waals surface area contributed by atoms with Crippen molar-refractivity contribution in [2.45, 2.75) is 154 Å². The molecule has 4 aliphatic heterocycles. The number of hydrogen-bond acceptors (Lipinski definition) is 7. The van der Waals surface area contributed by atoms with E-state index in [-0.39, 0.29) is 73.7 Å². The summed E-state index contributed by atoms with van der Waals surface area (Å²) in [6.07, 6.45) is 1.99. The van der Waals surface area contributed by atoms with E-state index in [0.29, 0.717) is 12.8 Å². The number of fused-ring (bicyclic) bond motifs is 1. The van der Waals surface area contributed by atoms with E-state index in [9.17, 15) is 45.5 Å². The van der Waals surface area contributed by atoms with Crippen LogP contribution in [0.3, 0.4) is 0 Å². The minimum atomic E-state index is -2.98. The Bertz CT molecular complexity index is 1280. The maximum atomic E-state index is 13.6. The number of nitrogens with one attached hydrogen (secondary N) is 1. The van der Waals surface area contributed by atoms with Crippen LogP contribution in [0, 0.1) is 0 Å². The molecule has 4 aliphatic rings.